The molecule has 0 unspecified atom stereocenters. The quantitative estimate of drug-likeness (QED) is 0.872. The van der Waals surface area contributed by atoms with Crippen molar-refractivity contribution >= 4 is 11.3 Å². The molecule has 0 radical (unpaired) electrons. The van der Waals surface area contributed by atoms with Gasteiger partial charge in [0.05, 0.1) is 11.4 Å². The first-order valence-corrected chi connectivity index (χ1v) is 6.24. The third-order valence-electron chi connectivity index (χ3n) is 2.72. The Bertz CT molecular complexity index is 511. The number of nitrogens with zero attached hydrogens (tertiary/aromatic N) is 4. The fraction of sp³-hybridized carbons (Fsp3) is 0.500. The van der Waals surface area contributed by atoms with Crippen molar-refractivity contribution in [3.8, 4) is 5.13 Å². The van der Waals surface area contributed by atoms with Crippen molar-refractivity contribution in [1.82, 2.24) is 20.0 Å². The normalized spacial score (nSPS) is 15.6. The Hall–Kier alpha value is -1.27. The van der Waals surface area contributed by atoms with Gasteiger partial charge in [0.15, 0.2) is 0 Å². The van der Waals surface area contributed by atoms with E-state index in [9.17, 15) is 0 Å². The number of aromatic nitrogens is 4. The van der Waals surface area contributed by atoms with E-state index in [2.05, 4.69) is 15.3 Å². The third-order valence-corrected chi connectivity index (χ3v) is 3.66. The van der Waals surface area contributed by atoms with Gasteiger partial charge in [-0.3, -0.25) is 0 Å². The summed E-state index contributed by atoms with van der Waals surface area (Å²) >= 11 is 1.59. The van der Waals surface area contributed by atoms with Crippen molar-refractivity contribution in [2.75, 3.05) is 0 Å². The van der Waals surface area contributed by atoms with Crippen LogP contribution in [0.2, 0.25) is 0 Å². The molecule has 6 heteroatoms. The van der Waals surface area contributed by atoms with Crippen LogP contribution in [0.5, 0.6) is 0 Å². The average Bonchev–Trinajstić information content (AvgIpc) is 2.88. The Labute approximate surface area is 97.3 Å². The van der Waals surface area contributed by atoms with Gasteiger partial charge in [-0.05, 0) is 19.8 Å². The molecule has 0 atom stereocenters. The smallest absolute Gasteiger partial charge is 0.212 e. The Balaban J connectivity index is 2.09. The zero-order chi connectivity index (χ0) is 11.1. The minimum absolute atomic E-state index is 0.455. The lowest BCUT2D eigenvalue weighted by atomic mass is 10.2. The van der Waals surface area contributed by atoms with Crippen molar-refractivity contribution in [2.45, 2.75) is 32.2 Å². The number of aryl methyl sites for hydroxylation is 1. The van der Waals surface area contributed by atoms with Crippen LogP contribution in [0.1, 0.15) is 35.8 Å². The largest absolute Gasteiger partial charge is 0.325 e. The van der Waals surface area contributed by atoms with Gasteiger partial charge in [-0.2, -0.15) is 4.68 Å². The number of hydrogen-bond acceptors (Lipinski definition) is 5. The highest BCUT2D eigenvalue weighted by Gasteiger charge is 2.31. The van der Waals surface area contributed by atoms with Crippen molar-refractivity contribution in [2.24, 2.45) is 5.73 Å². The highest BCUT2D eigenvalue weighted by atomic mass is 32.1. The van der Waals surface area contributed by atoms with Crippen LogP contribution in [0.3, 0.4) is 0 Å². The molecule has 84 valence electrons. The lowest BCUT2D eigenvalue weighted by molar-refractivity contribution is 0.756. The monoisotopic (exact) mass is 235 g/mol. The Morgan fingerprint density at radius 3 is 2.94 bits per heavy atom. The first kappa shape index (κ1) is 9.92. The molecule has 2 heterocycles. The van der Waals surface area contributed by atoms with Gasteiger partial charge in [0.2, 0.25) is 5.13 Å². The number of rotatable bonds is 3. The van der Waals surface area contributed by atoms with Crippen molar-refractivity contribution in [3.63, 3.8) is 0 Å². The predicted molar refractivity (Wildman–Crippen MR) is 61.6 cm³/mol. The zero-order valence-corrected chi connectivity index (χ0v) is 9.87. The molecular weight excluding hydrogens is 222 g/mol. The third kappa shape index (κ3) is 1.54. The standard InChI is InChI=1S/C10H13N5S/c1-6-5-16-10(12-6)15-9(7-2-3-7)8(4-11)13-14-15/h5,7H,2-4,11H2,1H3. The Kier molecular flexibility index (Phi) is 2.26. The molecular formula is C10H13N5S. The van der Waals surface area contributed by atoms with E-state index in [1.165, 1.54) is 12.8 Å². The van der Waals surface area contributed by atoms with Gasteiger partial charge in [0, 0.05) is 17.8 Å². The van der Waals surface area contributed by atoms with Gasteiger partial charge in [-0.15, -0.1) is 16.4 Å². The first-order valence-electron chi connectivity index (χ1n) is 5.36. The van der Waals surface area contributed by atoms with Gasteiger partial charge in [-0.1, -0.05) is 5.21 Å². The Morgan fingerprint density at radius 2 is 2.38 bits per heavy atom. The molecule has 1 saturated carbocycles. The molecule has 1 aliphatic carbocycles. The molecule has 0 amide bonds. The summed E-state index contributed by atoms with van der Waals surface area (Å²) in [6, 6.07) is 0. The van der Waals surface area contributed by atoms with Crippen LogP contribution in [0.4, 0.5) is 0 Å². The second-order valence-corrected chi connectivity index (χ2v) is 4.92. The summed E-state index contributed by atoms with van der Waals surface area (Å²) in [6.07, 6.45) is 2.43. The molecule has 2 N–H and O–H groups in total. The fourth-order valence-corrected chi connectivity index (χ4v) is 2.57. The molecule has 0 bridgehead atoms. The van der Waals surface area contributed by atoms with Crippen molar-refractivity contribution < 1.29 is 0 Å². The average molecular weight is 235 g/mol. The van der Waals surface area contributed by atoms with Crippen LogP contribution in [-0.2, 0) is 6.54 Å². The van der Waals surface area contributed by atoms with Gasteiger partial charge in [-0.25, -0.2) is 4.98 Å². The topological polar surface area (TPSA) is 69.6 Å². The first-order chi connectivity index (χ1) is 7.79. The van der Waals surface area contributed by atoms with Gasteiger partial charge < -0.3 is 5.73 Å². The number of thiazole rings is 1. The molecule has 1 aliphatic rings. The van der Waals surface area contributed by atoms with Crippen LogP contribution in [0, 0.1) is 6.92 Å². The summed E-state index contributed by atoms with van der Waals surface area (Å²) < 4.78 is 1.86. The summed E-state index contributed by atoms with van der Waals surface area (Å²) in [7, 11) is 0. The number of hydrogen-bond donors (Lipinski definition) is 1. The van der Waals surface area contributed by atoms with E-state index in [-0.39, 0.29) is 0 Å². The maximum Gasteiger partial charge on any atom is 0.212 e. The maximum absolute atomic E-state index is 5.68. The van der Waals surface area contributed by atoms with Gasteiger partial charge in [0.1, 0.15) is 5.69 Å². The fourth-order valence-electron chi connectivity index (χ4n) is 1.81. The number of nitrogens with two attached hydrogens (primary N) is 1. The summed E-state index contributed by atoms with van der Waals surface area (Å²) in [4.78, 5) is 4.44. The molecule has 0 saturated heterocycles. The van der Waals surface area contributed by atoms with Crippen LogP contribution in [0.15, 0.2) is 5.38 Å². The molecule has 2 aromatic heterocycles. The molecule has 3 rings (SSSR count). The summed E-state index contributed by atoms with van der Waals surface area (Å²) in [5.41, 5.74) is 8.78. The second-order valence-electron chi connectivity index (χ2n) is 4.08. The van der Waals surface area contributed by atoms with E-state index < -0.39 is 0 Å². The van der Waals surface area contributed by atoms with Gasteiger partial charge >= 0.3 is 0 Å². The van der Waals surface area contributed by atoms with E-state index in [0.29, 0.717) is 12.5 Å². The Morgan fingerprint density at radius 1 is 1.56 bits per heavy atom. The molecule has 2 aromatic rings. The van der Waals surface area contributed by atoms with Crippen LogP contribution >= 0.6 is 11.3 Å². The molecule has 0 aliphatic heterocycles. The van der Waals surface area contributed by atoms with Crippen molar-refractivity contribution in [3.05, 3.63) is 22.5 Å². The van der Waals surface area contributed by atoms with Gasteiger partial charge in [0.25, 0.3) is 0 Å². The van der Waals surface area contributed by atoms with E-state index in [1.807, 2.05) is 17.0 Å². The highest BCUT2D eigenvalue weighted by molar-refractivity contribution is 7.12. The van der Waals surface area contributed by atoms with Crippen LogP contribution in [-0.4, -0.2) is 20.0 Å². The zero-order valence-electron chi connectivity index (χ0n) is 9.05. The maximum atomic E-state index is 5.68. The molecule has 0 aromatic carbocycles. The minimum atomic E-state index is 0.455. The lowest BCUT2D eigenvalue weighted by Gasteiger charge is -2.02. The summed E-state index contributed by atoms with van der Waals surface area (Å²) in [6.45, 7) is 2.44. The highest BCUT2D eigenvalue weighted by Crippen LogP contribution is 2.42. The molecule has 5 nitrogen and oxygen atoms in total. The van der Waals surface area contributed by atoms with E-state index in [4.69, 9.17) is 5.73 Å². The molecule has 1 fully saturated rings. The SMILES string of the molecule is Cc1csc(-n2nnc(CN)c2C2CC2)n1. The second kappa shape index (κ2) is 3.64. The van der Waals surface area contributed by atoms with Crippen molar-refractivity contribution in [1.29, 1.82) is 0 Å². The summed E-state index contributed by atoms with van der Waals surface area (Å²) in [5, 5.41) is 11.2. The lowest BCUT2D eigenvalue weighted by Crippen LogP contribution is -2.04. The van der Waals surface area contributed by atoms with Crippen LogP contribution in [0.25, 0.3) is 5.13 Å². The van der Waals surface area contributed by atoms with E-state index in [1.54, 1.807) is 11.3 Å². The molecule has 16 heavy (non-hydrogen) atoms. The summed E-state index contributed by atoms with van der Waals surface area (Å²) in [5.74, 6) is 0.581. The van der Waals surface area contributed by atoms with E-state index >= 15 is 0 Å². The predicted octanol–water partition coefficient (Wildman–Crippen LogP) is 1.37. The van der Waals surface area contributed by atoms with E-state index in [0.717, 1.165) is 22.2 Å². The minimum Gasteiger partial charge on any atom is -0.325 e. The van der Waals surface area contributed by atoms with Crippen LogP contribution < -0.4 is 5.73 Å². The molecule has 0 spiro atoms.